The van der Waals surface area contributed by atoms with Crippen LogP contribution in [0.1, 0.15) is 11.1 Å². The van der Waals surface area contributed by atoms with Crippen LogP contribution in [0, 0.1) is 0 Å². The molecule has 0 unspecified atom stereocenters. The molecule has 0 bridgehead atoms. The lowest BCUT2D eigenvalue weighted by Crippen LogP contribution is -2.37. The molecule has 5 aromatic rings. The highest BCUT2D eigenvalue weighted by Gasteiger charge is 2.20. The number of nitrogens with zero attached hydrogens (tertiary/aromatic N) is 5. The summed E-state index contributed by atoms with van der Waals surface area (Å²) in [7, 11) is 3.15. The summed E-state index contributed by atoms with van der Waals surface area (Å²) < 4.78 is 6.57. The number of hydrogen-bond acceptors (Lipinski definition) is 3. The van der Waals surface area contributed by atoms with Crippen LogP contribution < -0.4 is 11.2 Å². The first kappa shape index (κ1) is 19.8. The van der Waals surface area contributed by atoms with E-state index in [1.165, 1.54) is 17.2 Å². The number of benzene rings is 2. The monoisotopic (exact) mass is 425 g/mol. The molecule has 3 heterocycles. The zero-order valence-corrected chi connectivity index (χ0v) is 18.0. The van der Waals surface area contributed by atoms with Crippen molar-refractivity contribution in [2.45, 2.75) is 13.1 Å². The average Bonchev–Trinajstić information content (AvgIpc) is 3.42. The lowest BCUT2D eigenvalue weighted by Gasteiger charge is -2.09. The Balaban J connectivity index is 1.68. The fourth-order valence-corrected chi connectivity index (χ4v) is 4.05. The third kappa shape index (κ3) is 3.37. The van der Waals surface area contributed by atoms with E-state index in [4.69, 9.17) is 4.98 Å². The quantitative estimate of drug-likeness (QED) is 0.435. The Morgan fingerprint density at radius 1 is 0.781 bits per heavy atom. The van der Waals surface area contributed by atoms with Crippen LogP contribution in [0.4, 0.5) is 0 Å². The van der Waals surface area contributed by atoms with Gasteiger partial charge in [-0.15, -0.1) is 0 Å². The number of aromatic nitrogens is 5. The number of aryl methyl sites for hydroxylation is 1. The van der Waals surface area contributed by atoms with E-state index in [0.29, 0.717) is 23.5 Å². The Bertz CT molecular complexity index is 1520. The summed E-state index contributed by atoms with van der Waals surface area (Å²) in [5, 5.41) is 0. The highest BCUT2D eigenvalue weighted by Crippen LogP contribution is 2.24. The Kier molecular flexibility index (Phi) is 4.86. The molecule has 0 amide bonds. The molecule has 7 heteroatoms. The first-order valence-corrected chi connectivity index (χ1v) is 10.4. The Hall–Kier alpha value is -4.13. The maximum absolute atomic E-state index is 13.1. The SMILES string of the molecule is Cn1c(=O)c2c(nc(-c3ccn(Cc4ccccc4)c3)n2Cc2ccccc2)n(C)c1=O. The Morgan fingerprint density at radius 2 is 1.41 bits per heavy atom. The van der Waals surface area contributed by atoms with Gasteiger partial charge in [-0.3, -0.25) is 13.9 Å². The standard InChI is InChI=1S/C25H23N5O2/c1-27-23-21(24(31)28(2)25(27)32)30(16-19-11-7-4-8-12-19)22(26-23)20-13-14-29(17-20)15-18-9-5-3-6-10-18/h3-14,17H,15-16H2,1-2H3. The second-order valence-electron chi connectivity index (χ2n) is 7.94. The maximum Gasteiger partial charge on any atom is 0.332 e. The fraction of sp³-hybridized carbons (Fsp3) is 0.160. The lowest BCUT2D eigenvalue weighted by atomic mass is 10.2. The van der Waals surface area contributed by atoms with Crippen LogP contribution in [-0.2, 0) is 27.2 Å². The van der Waals surface area contributed by atoms with E-state index in [9.17, 15) is 9.59 Å². The van der Waals surface area contributed by atoms with Crippen molar-refractivity contribution in [2.24, 2.45) is 14.1 Å². The van der Waals surface area contributed by atoms with Crippen LogP contribution in [0.2, 0.25) is 0 Å². The smallest absolute Gasteiger partial charge is 0.332 e. The minimum Gasteiger partial charge on any atom is -0.349 e. The molecule has 0 saturated heterocycles. The Morgan fingerprint density at radius 3 is 2.06 bits per heavy atom. The predicted molar refractivity (Wildman–Crippen MR) is 125 cm³/mol. The second-order valence-corrected chi connectivity index (χ2v) is 7.94. The van der Waals surface area contributed by atoms with E-state index in [-0.39, 0.29) is 11.2 Å². The third-order valence-electron chi connectivity index (χ3n) is 5.75. The molecule has 7 nitrogen and oxygen atoms in total. The number of rotatable bonds is 5. The van der Waals surface area contributed by atoms with Crippen molar-refractivity contribution in [1.29, 1.82) is 0 Å². The molecular formula is C25H23N5O2. The van der Waals surface area contributed by atoms with Gasteiger partial charge in [-0.1, -0.05) is 60.7 Å². The van der Waals surface area contributed by atoms with Crippen LogP contribution >= 0.6 is 0 Å². The fourth-order valence-electron chi connectivity index (χ4n) is 4.05. The largest absolute Gasteiger partial charge is 0.349 e. The molecular weight excluding hydrogens is 402 g/mol. The van der Waals surface area contributed by atoms with Gasteiger partial charge >= 0.3 is 5.69 Å². The van der Waals surface area contributed by atoms with E-state index < -0.39 is 0 Å². The van der Waals surface area contributed by atoms with Crippen LogP contribution in [0.5, 0.6) is 0 Å². The molecule has 0 N–H and O–H groups in total. The van der Waals surface area contributed by atoms with Crippen LogP contribution in [0.3, 0.4) is 0 Å². The molecule has 160 valence electrons. The van der Waals surface area contributed by atoms with E-state index in [1.807, 2.05) is 71.6 Å². The van der Waals surface area contributed by atoms with Gasteiger partial charge in [0.05, 0.1) is 0 Å². The molecule has 3 aromatic heterocycles. The first-order chi connectivity index (χ1) is 15.5. The van der Waals surface area contributed by atoms with Gasteiger partial charge in [-0.25, -0.2) is 9.78 Å². The molecule has 0 fully saturated rings. The predicted octanol–water partition coefficient (Wildman–Crippen LogP) is 3.00. The summed E-state index contributed by atoms with van der Waals surface area (Å²) >= 11 is 0. The van der Waals surface area contributed by atoms with Gasteiger partial charge in [0.15, 0.2) is 11.2 Å². The minimum absolute atomic E-state index is 0.346. The number of fused-ring (bicyclic) bond motifs is 1. The number of hydrogen-bond donors (Lipinski definition) is 0. The van der Waals surface area contributed by atoms with Gasteiger partial charge in [-0.05, 0) is 17.2 Å². The molecule has 0 aliphatic heterocycles. The topological polar surface area (TPSA) is 66.8 Å². The lowest BCUT2D eigenvalue weighted by molar-refractivity contribution is 0.702. The van der Waals surface area contributed by atoms with Crippen LogP contribution in [0.25, 0.3) is 22.6 Å². The molecule has 32 heavy (non-hydrogen) atoms. The van der Waals surface area contributed by atoms with Crippen LogP contribution in [-0.4, -0.2) is 23.3 Å². The summed E-state index contributed by atoms with van der Waals surface area (Å²) in [6, 6.07) is 22.2. The summed E-state index contributed by atoms with van der Waals surface area (Å²) in [5.74, 6) is 0.661. The minimum atomic E-state index is -0.389. The third-order valence-corrected chi connectivity index (χ3v) is 5.75. The van der Waals surface area contributed by atoms with Crippen molar-refractivity contribution >= 4 is 11.2 Å². The highest BCUT2D eigenvalue weighted by atomic mass is 16.2. The second kappa shape index (κ2) is 7.85. The molecule has 0 spiro atoms. The maximum atomic E-state index is 13.1. The molecule has 0 atom stereocenters. The summed E-state index contributed by atoms with van der Waals surface area (Å²) in [4.78, 5) is 30.3. The van der Waals surface area contributed by atoms with E-state index in [1.54, 1.807) is 7.05 Å². The van der Waals surface area contributed by atoms with Crippen molar-refractivity contribution in [3.63, 3.8) is 0 Å². The van der Waals surface area contributed by atoms with Gasteiger partial charge < -0.3 is 9.13 Å². The van der Waals surface area contributed by atoms with Crippen molar-refractivity contribution in [1.82, 2.24) is 23.3 Å². The summed E-state index contributed by atoms with van der Waals surface area (Å²) in [5.41, 5.74) is 3.21. The zero-order valence-electron chi connectivity index (χ0n) is 18.0. The molecule has 2 aromatic carbocycles. The zero-order chi connectivity index (χ0) is 22.2. The summed E-state index contributed by atoms with van der Waals surface area (Å²) in [6.07, 6.45) is 4.03. The van der Waals surface area contributed by atoms with E-state index >= 15 is 0 Å². The molecule has 0 radical (unpaired) electrons. The van der Waals surface area contributed by atoms with E-state index in [2.05, 4.69) is 16.7 Å². The van der Waals surface area contributed by atoms with Crippen molar-refractivity contribution < 1.29 is 0 Å². The highest BCUT2D eigenvalue weighted by molar-refractivity contribution is 5.77. The molecule has 0 aliphatic carbocycles. The van der Waals surface area contributed by atoms with Gasteiger partial charge in [0, 0.05) is 45.1 Å². The Labute approximate surface area is 184 Å². The van der Waals surface area contributed by atoms with Gasteiger partial charge in [0.2, 0.25) is 0 Å². The van der Waals surface area contributed by atoms with Crippen LogP contribution in [0.15, 0.2) is 88.7 Å². The average molecular weight is 425 g/mol. The van der Waals surface area contributed by atoms with Gasteiger partial charge in [-0.2, -0.15) is 0 Å². The van der Waals surface area contributed by atoms with E-state index in [0.717, 1.165) is 22.2 Å². The molecule has 0 aliphatic rings. The van der Waals surface area contributed by atoms with Crippen molar-refractivity contribution in [3.8, 4) is 11.4 Å². The van der Waals surface area contributed by atoms with Crippen molar-refractivity contribution in [3.05, 3.63) is 111 Å². The van der Waals surface area contributed by atoms with Gasteiger partial charge in [0.25, 0.3) is 5.56 Å². The molecule has 5 rings (SSSR count). The van der Waals surface area contributed by atoms with Crippen molar-refractivity contribution in [2.75, 3.05) is 0 Å². The normalized spacial score (nSPS) is 11.3. The molecule has 0 saturated carbocycles. The first-order valence-electron chi connectivity index (χ1n) is 10.4. The number of imidazole rings is 1. The summed E-state index contributed by atoms with van der Waals surface area (Å²) in [6.45, 7) is 1.21. The van der Waals surface area contributed by atoms with Gasteiger partial charge in [0.1, 0.15) is 5.82 Å².